The molecule has 0 aliphatic carbocycles. The molecule has 3 aromatic rings. The molecule has 0 aliphatic heterocycles. The molecule has 0 amide bonds. The minimum Gasteiger partial charge on any atom is -0.461 e. The lowest BCUT2D eigenvalue weighted by Gasteiger charge is -2.05. The zero-order valence-corrected chi connectivity index (χ0v) is 16.6. The smallest absolute Gasteiger partial charge is 0.355 e. The maximum absolute atomic E-state index is 13.1. The molecular formula is C21H21FN2O5. The summed E-state index contributed by atoms with van der Waals surface area (Å²) in [6.45, 7) is 6.95. The number of esters is 2. The van der Waals surface area contributed by atoms with Crippen molar-refractivity contribution >= 4 is 11.9 Å². The molecule has 0 spiro atoms. The van der Waals surface area contributed by atoms with Crippen LogP contribution in [0.1, 0.15) is 50.3 Å². The van der Waals surface area contributed by atoms with Crippen molar-refractivity contribution in [2.45, 2.75) is 34.3 Å². The highest BCUT2D eigenvalue weighted by Gasteiger charge is 2.24. The van der Waals surface area contributed by atoms with E-state index in [-0.39, 0.29) is 30.3 Å². The number of H-pyrrole nitrogens is 1. The van der Waals surface area contributed by atoms with Crippen LogP contribution in [0.5, 0.6) is 0 Å². The Balaban J connectivity index is 1.75. The number of ether oxygens (including phenoxy) is 2. The standard InChI is InChI=1S/C21H21FN2O5/c1-5-27-21(26)18-12(3)17(13(4)23-18)20(25)28-10-16-11(2)19(29-24-16)14-6-8-15(22)9-7-14/h6-9,23H,5,10H2,1-4H3. The van der Waals surface area contributed by atoms with Gasteiger partial charge in [0.2, 0.25) is 0 Å². The predicted molar refractivity (Wildman–Crippen MR) is 102 cm³/mol. The summed E-state index contributed by atoms with van der Waals surface area (Å²) in [5.74, 6) is -0.977. The number of carbonyl (C=O) groups excluding carboxylic acids is 2. The van der Waals surface area contributed by atoms with Crippen molar-refractivity contribution in [2.24, 2.45) is 0 Å². The molecule has 2 heterocycles. The van der Waals surface area contributed by atoms with Crippen molar-refractivity contribution in [1.29, 1.82) is 0 Å². The van der Waals surface area contributed by atoms with Crippen LogP contribution in [0.2, 0.25) is 0 Å². The van der Waals surface area contributed by atoms with Gasteiger partial charge in [0.15, 0.2) is 5.76 Å². The van der Waals surface area contributed by atoms with Crippen molar-refractivity contribution in [1.82, 2.24) is 10.1 Å². The van der Waals surface area contributed by atoms with Gasteiger partial charge >= 0.3 is 11.9 Å². The summed E-state index contributed by atoms with van der Waals surface area (Å²) in [4.78, 5) is 27.4. The Morgan fingerprint density at radius 2 is 1.76 bits per heavy atom. The SMILES string of the molecule is CCOC(=O)c1[nH]c(C)c(C(=O)OCc2noc(-c3ccc(F)cc3)c2C)c1C. The van der Waals surface area contributed by atoms with Gasteiger partial charge in [0.05, 0.1) is 12.2 Å². The molecule has 0 bridgehead atoms. The van der Waals surface area contributed by atoms with Crippen LogP contribution in [0.25, 0.3) is 11.3 Å². The number of hydrogen-bond acceptors (Lipinski definition) is 6. The summed E-state index contributed by atoms with van der Waals surface area (Å²) >= 11 is 0. The van der Waals surface area contributed by atoms with Crippen LogP contribution in [0.15, 0.2) is 28.8 Å². The lowest BCUT2D eigenvalue weighted by Crippen LogP contribution is -2.09. The zero-order chi connectivity index (χ0) is 21.1. The molecular weight excluding hydrogens is 379 g/mol. The van der Waals surface area contributed by atoms with Gasteiger partial charge in [-0.15, -0.1) is 0 Å². The molecule has 8 heteroatoms. The summed E-state index contributed by atoms with van der Waals surface area (Å²) in [5.41, 5.74) is 3.31. The van der Waals surface area contributed by atoms with Crippen molar-refractivity contribution in [2.75, 3.05) is 6.61 Å². The number of hydrogen-bond donors (Lipinski definition) is 1. The van der Waals surface area contributed by atoms with Gasteiger partial charge in [-0.1, -0.05) is 5.16 Å². The first-order chi connectivity index (χ1) is 13.8. The number of benzene rings is 1. The van der Waals surface area contributed by atoms with Crippen molar-refractivity contribution < 1.29 is 28.0 Å². The second-order valence-electron chi connectivity index (χ2n) is 6.51. The first-order valence-corrected chi connectivity index (χ1v) is 9.08. The average molecular weight is 400 g/mol. The highest BCUT2D eigenvalue weighted by molar-refractivity contribution is 5.98. The van der Waals surface area contributed by atoms with E-state index >= 15 is 0 Å². The van der Waals surface area contributed by atoms with E-state index in [0.29, 0.717) is 33.8 Å². The van der Waals surface area contributed by atoms with Crippen molar-refractivity contribution in [3.05, 3.63) is 63.9 Å². The lowest BCUT2D eigenvalue weighted by atomic mass is 10.1. The van der Waals surface area contributed by atoms with Crippen LogP contribution < -0.4 is 0 Å². The number of aromatic nitrogens is 2. The molecule has 1 aromatic carbocycles. The van der Waals surface area contributed by atoms with Crippen LogP contribution in [-0.4, -0.2) is 28.7 Å². The summed E-state index contributed by atoms with van der Waals surface area (Å²) in [7, 11) is 0. The van der Waals surface area contributed by atoms with E-state index in [1.54, 1.807) is 39.8 Å². The molecule has 7 nitrogen and oxygen atoms in total. The third-order valence-corrected chi connectivity index (χ3v) is 4.59. The number of rotatable bonds is 6. The molecule has 0 saturated heterocycles. The first-order valence-electron chi connectivity index (χ1n) is 9.08. The summed E-state index contributed by atoms with van der Waals surface area (Å²) < 4.78 is 28.8. The van der Waals surface area contributed by atoms with Gasteiger partial charge in [0, 0.05) is 16.8 Å². The predicted octanol–water partition coefficient (Wildman–Crippen LogP) is 4.27. The van der Waals surface area contributed by atoms with Crippen LogP contribution >= 0.6 is 0 Å². The molecule has 0 aliphatic rings. The number of halogens is 1. The van der Waals surface area contributed by atoms with E-state index in [1.165, 1.54) is 12.1 Å². The molecule has 0 atom stereocenters. The molecule has 3 rings (SSSR count). The van der Waals surface area contributed by atoms with Gasteiger partial charge < -0.3 is 19.0 Å². The maximum Gasteiger partial charge on any atom is 0.355 e. The highest BCUT2D eigenvalue weighted by Crippen LogP contribution is 2.27. The third kappa shape index (κ3) is 4.06. The summed E-state index contributed by atoms with van der Waals surface area (Å²) in [5, 5.41) is 3.95. The molecule has 2 aromatic heterocycles. The largest absolute Gasteiger partial charge is 0.461 e. The molecule has 29 heavy (non-hydrogen) atoms. The Labute approximate surface area is 166 Å². The normalized spacial score (nSPS) is 10.8. The quantitative estimate of drug-likeness (QED) is 0.621. The van der Waals surface area contributed by atoms with E-state index in [1.807, 2.05) is 0 Å². The Bertz CT molecular complexity index is 1050. The van der Waals surface area contributed by atoms with Gasteiger partial charge in [-0.3, -0.25) is 0 Å². The highest BCUT2D eigenvalue weighted by atomic mass is 19.1. The van der Waals surface area contributed by atoms with Crippen LogP contribution in [0, 0.1) is 26.6 Å². The second kappa shape index (κ2) is 8.30. The van der Waals surface area contributed by atoms with Crippen molar-refractivity contribution in [3.8, 4) is 11.3 Å². The molecule has 152 valence electrons. The van der Waals surface area contributed by atoms with Gasteiger partial charge in [0.25, 0.3) is 0 Å². The number of aryl methyl sites for hydroxylation is 1. The topological polar surface area (TPSA) is 94.4 Å². The Morgan fingerprint density at radius 3 is 2.41 bits per heavy atom. The van der Waals surface area contributed by atoms with E-state index in [9.17, 15) is 14.0 Å². The maximum atomic E-state index is 13.1. The Morgan fingerprint density at radius 1 is 1.07 bits per heavy atom. The number of carbonyl (C=O) groups is 2. The average Bonchev–Trinajstić information content (AvgIpc) is 3.20. The molecule has 0 unspecified atom stereocenters. The van der Waals surface area contributed by atoms with E-state index in [4.69, 9.17) is 14.0 Å². The number of nitrogens with zero attached hydrogens (tertiary/aromatic N) is 1. The van der Waals surface area contributed by atoms with Crippen LogP contribution in [0.4, 0.5) is 4.39 Å². The Kier molecular flexibility index (Phi) is 5.81. The van der Waals surface area contributed by atoms with Gasteiger partial charge in [0.1, 0.15) is 23.8 Å². The van der Waals surface area contributed by atoms with Crippen LogP contribution in [-0.2, 0) is 16.1 Å². The van der Waals surface area contributed by atoms with E-state index in [0.717, 1.165) is 0 Å². The van der Waals surface area contributed by atoms with E-state index in [2.05, 4.69) is 10.1 Å². The third-order valence-electron chi connectivity index (χ3n) is 4.59. The van der Waals surface area contributed by atoms with Gasteiger partial charge in [-0.25, -0.2) is 14.0 Å². The first kappa shape index (κ1) is 20.3. The van der Waals surface area contributed by atoms with E-state index < -0.39 is 11.9 Å². The fourth-order valence-electron chi connectivity index (χ4n) is 3.04. The minimum absolute atomic E-state index is 0.103. The molecule has 0 radical (unpaired) electrons. The van der Waals surface area contributed by atoms with Gasteiger partial charge in [-0.2, -0.15) is 0 Å². The van der Waals surface area contributed by atoms with Gasteiger partial charge in [-0.05, 0) is 57.5 Å². The van der Waals surface area contributed by atoms with Crippen LogP contribution in [0.3, 0.4) is 0 Å². The fourth-order valence-corrected chi connectivity index (χ4v) is 3.04. The monoisotopic (exact) mass is 400 g/mol. The van der Waals surface area contributed by atoms with Crippen molar-refractivity contribution in [3.63, 3.8) is 0 Å². The summed E-state index contributed by atoms with van der Waals surface area (Å²) in [6.07, 6.45) is 0. The number of nitrogens with one attached hydrogen (secondary N) is 1. The molecule has 0 fully saturated rings. The Hall–Kier alpha value is -3.42. The minimum atomic E-state index is -0.586. The zero-order valence-electron chi connectivity index (χ0n) is 16.6. The lowest BCUT2D eigenvalue weighted by molar-refractivity contribution is 0.0462. The molecule has 1 N–H and O–H groups in total. The fraction of sp³-hybridized carbons (Fsp3) is 0.286. The molecule has 0 saturated carbocycles. The summed E-state index contributed by atoms with van der Waals surface area (Å²) in [6, 6.07) is 5.83. The second-order valence-corrected chi connectivity index (χ2v) is 6.51. The number of aromatic amines is 1.